The fourth-order valence-corrected chi connectivity index (χ4v) is 2.35. The van der Waals surface area contributed by atoms with E-state index in [0.29, 0.717) is 19.4 Å². The van der Waals surface area contributed by atoms with Gasteiger partial charge in [0.15, 0.2) is 6.26 Å². The lowest BCUT2D eigenvalue weighted by molar-refractivity contribution is 0.409. The van der Waals surface area contributed by atoms with Crippen LogP contribution in [0, 0.1) is 11.8 Å². The van der Waals surface area contributed by atoms with Crippen LogP contribution >= 0.6 is 0 Å². The van der Waals surface area contributed by atoms with Crippen LogP contribution in [0.5, 0.6) is 5.88 Å². The van der Waals surface area contributed by atoms with Gasteiger partial charge in [0.25, 0.3) is 0 Å². The molecule has 3 aromatic rings. The van der Waals surface area contributed by atoms with E-state index in [1.54, 1.807) is 0 Å². The summed E-state index contributed by atoms with van der Waals surface area (Å²) in [6, 6.07) is 14.2. The molecular formula is C18H15NO3. The molecule has 0 aliphatic carbocycles. The molecule has 22 heavy (non-hydrogen) atoms. The van der Waals surface area contributed by atoms with Crippen molar-refractivity contribution in [3.8, 4) is 17.7 Å². The van der Waals surface area contributed by atoms with E-state index in [0.717, 1.165) is 17.2 Å². The van der Waals surface area contributed by atoms with Crippen LogP contribution in [-0.4, -0.2) is 9.67 Å². The summed E-state index contributed by atoms with van der Waals surface area (Å²) in [7, 11) is 0. The van der Waals surface area contributed by atoms with E-state index in [9.17, 15) is 9.90 Å². The maximum Gasteiger partial charge on any atom is 0.421 e. The molecule has 0 aliphatic heterocycles. The van der Waals surface area contributed by atoms with Crippen LogP contribution in [0.25, 0.3) is 10.8 Å². The van der Waals surface area contributed by atoms with Crippen LogP contribution in [0.2, 0.25) is 0 Å². The van der Waals surface area contributed by atoms with Crippen molar-refractivity contribution < 1.29 is 9.52 Å². The monoisotopic (exact) mass is 293 g/mol. The standard InChI is InChI=1S/C18H15NO3/c20-17-13-22-18(21)19(17)12-5-1-2-7-14-9-6-10-15-8-3-4-11-16(14)15/h3-4,6,8-11,13,20H,1,5,12H2. The molecule has 0 unspecified atom stereocenters. The fraction of sp³-hybridized carbons (Fsp3) is 0.167. The summed E-state index contributed by atoms with van der Waals surface area (Å²) in [6.07, 6.45) is 2.36. The second-order valence-corrected chi connectivity index (χ2v) is 4.94. The zero-order chi connectivity index (χ0) is 15.4. The van der Waals surface area contributed by atoms with Crippen molar-refractivity contribution in [3.05, 3.63) is 64.8 Å². The quantitative estimate of drug-likeness (QED) is 0.596. The molecule has 4 heteroatoms. The van der Waals surface area contributed by atoms with E-state index in [2.05, 4.69) is 34.5 Å². The Kier molecular flexibility index (Phi) is 3.97. The average Bonchev–Trinajstić information content (AvgIpc) is 2.86. The number of nitrogens with zero attached hydrogens (tertiary/aromatic N) is 1. The first-order chi connectivity index (χ1) is 10.8. The third-order valence-electron chi connectivity index (χ3n) is 3.46. The number of hydrogen-bond acceptors (Lipinski definition) is 3. The van der Waals surface area contributed by atoms with Crippen LogP contribution in [0.1, 0.15) is 18.4 Å². The first kappa shape index (κ1) is 14.0. The maximum absolute atomic E-state index is 11.3. The normalized spacial score (nSPS) is 10.4. The molecule has 0 amide bonds. The summed E-state index contributed by atoms with van der Waals surface area (Å²) in [5, 5.41) is 11.7. The molecule has 0 fully saturated rings. The van der Waals surface area contributed by atoms with Crippen molar-refractivity contribution in [2.75, 3.05) is 0 Å². The SMILES string of the molecule is O=c1occ(O)n1CCCC#Cc1cccc2ccccc12. The van der Waals surface area contributed by atoms with Gasteiger partial charge in [-0.05, 0) is 23.3 Å². The summed E-state index contributed by atoms with van der Waals surface area (Å²) < 4.78 is 5.79. The minimum absolute atomic E-state index is 0.146. The summed E-state index contributed by atoms with van der Waals surface area (Å²) in [6.45, 7) is 0.394. The van der Waals surface area contributed by atoms with E-state index >= 15 is 0 Å². The summed E-state index contributed by atoms with van der Waals surface area (Å²) >= 11 is 0. The lowest BCUT2D eigenvalue weighted by Gasteiger charge is -2.00. The largest absolute Gasteiger partial charge is 0.492 e. The molecular weight excluding hydrogens is 278 g/mol. The average molecular weight is 293 g/mol. The smallest absolute Gasteiger partial charge is 0.421 e. The topological polar surface area (TPSA) is 55.4 Å². The highest BCUT2D eigenvalue weighted by atomic mass is 16.4. The van der Waals surface area contributed by atoms with Gasteiger partial charge in [-0.15, -0.1) is 0 Å². The number of benzene rings is 2. The second kappa shape index (κ2) is 6.23. The summed E-state index contributed by atoms with van der Waals surface area (Å²) in [5.41, 5.74) is 1.00. The number of fused-ring (bicyclic) bond motifs is 1. The van der Waals surface area contributed by atoms with E-state index in [-0.39, 0.29) is 5.88 Å². The molecule has 2 aromatic carbocycles. The number of unbranched alkanes of at least 4 members (excludes halogenated alkanes) is 1. The summed E-state index contributed by atoms with van der Waals surface area (Å²) in [5.74, 6) is 5.60. The number of rotatable bonds is 3. The predicted molar refractivity (Wildman–Crippen MR) is 84.7 cm³/mol. The highest BCUT2D eigenvalue weighted by molar-refractivity contribution is 5.88. The van der Waals surface area contributed by atoms with Gasteiger partial charge in [-0.2, -0.15) is 0 Å². The minimum Gasteiger partial charge on any atom is -0.492 e. The molecule has 1 heterocycles. The van der Waals surface area contributed by atoms with Gasteiger partial charge in [0.2, 0.25) is 5.88 Å². The molecule has 0 saturated heterocycles. The van der Waals surface area contributed by atoms with Crippen LogP contribution in [-0.2, 0) is 6.54 Å². The highest BCUT2D eigenvalue weighted by Gasteiger charge is 2.04. The fourth-order valence-electron chi connectivity index (χ4n) is 2.35. The number of hydrogen-bond donors (Lipinski definition) is 1. The molecule has 0 saturated carbocycles. The Balaban J connectivity index is 1.67. The van der Waals surface area contributed by atoms with Crippen molar-refractivity contribution in [1.82, 2.24) is 4.57 Å². The van der Waals surface area contributed by atoms with Crippen molar-refractivity contribution in [3.63, 3.8) is 0 Å². The van der Waals surface area contributed by atoms with Crippen LogP contribution in [0.4, 0.5) is 0 Å². The van der Waals surface area contributed by atoms with Gasteiger partial charge in [0.05, 0.1) is 0 Å². The zero-order valence-electron chi connectivity index (χ0n) is 12.0. The summed E-state index contributed by atoms with van der Waals surface area (Å²) in [4.78, 5) is 11.3. The number of aromatic hydroxyl groups is 1. The van der Waals surface area contributed by atoms with Gasteiger partial charge in [-0.25, -0.2) is 9.36 Å². The van der Waals surface area contributed by atoms with Crippen molar-refractivity contribution in [2.24, 2.45) is 0 Å². The highest BCUT2D eigenvalue weighted by Crippen LogP contribution is 2.17. The van der Waals surface area contributed by atoms with E-state index < -0.39 is 5.76 Å². The van der Waals surface area contributed by atoms with Crippen LogP contribution in [0.3, 0.4) is 0 Å². The Morgan fingerprint density at radius 2 is 1.95 bits per heavy atom. The van der Waals surface area contributed by atoms with Crippen molar-refractivity contribution in [1.29, 1.82) is 0 Å². The van der Waals surface area contributed by atoms with Crippen molar-refractivity contribution in [2.45, 2.75) is 19.4 Å². The molecule has 0 bridgehead atoms. The second-order valence-electron chi connectivity index (χ2n) is 4.94. The molecule has 1 aromatic heterocycles. The Morgan fingerprint density at radius 3 is 2.77 bits per heavy atom. The lowest BCUT2D eigenvalue weighted by atomic mass is 10.0. The lowest BCUT2D eigenvalue weighted by Crippen LogP contribution is -2.13. The Morgan fingerprint density at radius 1 is 1.14 bits per heavy atom. The van der Waals surface area contributed by atoms with Gasteiger partial charge in [-0.1, -0.05) is 48.2 Å². The molecule has 0 atom stereocenters. The molecule has 3 rings (SSSR count). The van der Waals surface area contributed by atoms with Crippen LogP contribution < -0.4 is 5.76 Å². The van der Waals surface area contributed by atoms with Gasteiger partial charge in [0.1, 0.15) is 0 Å². The third kappa shape index (κ3) is 2.89. The zero-order valence-corrected chi connectivity index (χ0v) is 12.0. The van der Waals surface area contributed by atoms with Crippen LogP contribution in [0.15, 0.2) is 57.9 Å². The number of oxazole rings is 1. The third-order valence-corrected chi connectivity index (χ3v) is 3.46. The maximum atomic E-state index is 11.3. The van der Waals surface area contributed by atoms with Gasteiger partial charge in [-0.3, -0.25) is 0 Å². The van der Waals surface area contributed by atoms with E-state index in [1.165, 1.54) is 9.95 Å². The first-order valence-electron chi connectivity index (χ1n) is 7.09. The molecule has 110 valence electrons. The molecule has 0 spiro atoms. The molecule has 0 aliphatic rings. The minimum atomic E-state index is -0.542. The Labute approximate surface area is 127 Å². The predicted octanol–water partition coefficient (Wildman–Crippen LogP) is 3.13. The van der Waals surface area contributed by atoms with Crippen molar-refractivity contribution >= 4 is 10.8 Å². The van der Waals surface area contributed by atoms with E-state index in [1.807, 2.05) is 24.3 Å². The first-order valence-corrected chi connectivity index (χ1v) is 7.09. The molecule has 0 radical (unpaired) electrons. The molecule has 1 N–H and O–H groups in total. The number of aromatic nitrogens is 1. The Bertz CT molecular complexity index is 904. The van der Waals surface area contributed by atoms with Gasteiger partial charge in [0, 0.05) is 18.5 Å². The Hall–Kier alpha value is -2.93. The molecule has 4 nitrogen and oxygen atoms in total. The van der Waals surface area contributed by atoms with E-state index in [4.69, 9.17) is 0 Å². The van der Waals surface area contributed by atoms with Gasteiger partial charge >= 0.3 is 5.76 Å². The van der Waals surface area contributed by atoms with Gasteiger partial charge < -0.3 is 9.52 Å².